The minimum atomic E-state index is -3.48. The molecular formula is C17H18N2O3S. The van der Waals surface area contributed by atoms with Gasteiger partial charge in [-0.25, -0.2) is 12.7 Å². The third-order valence-electron chi connectivity index (χ3n) is 3.90. The van der Waals surface area contributed by atoms with Gasteiger partial charge < -0.3 is 4.52 Å². The molecule has 0 aliphatic rings. The van der Waals surface area contributed by atoms with E-state index in [4.69, 9.17) is 4.52 Å². The van der Waals surface area contributed by atoms with Crippen molar-refractivity contribution in [3.05, 3.63) is 65.4 Å². The first-order valence-corrected chi connectivity index (χ1v) is 8.90. The van der Waals surface area contributed by atoms with Crippen LogP contribution in [0, 0.1) is 6.92 Å². The lowest BCUT2D eigenvalue weighted by atomic mass is 10.1. The third kappa shape index (κ3) is 3.28. The molecule has 120 valence electrons. The number of aromatic nitrogens is 1. The van der Waals surface area contributed by atoms with Crippen molar-refractivity contribution in [1.29, 1.82) is 0 Å². The van der Waals surface area contributed by atoms with Crippen molar-refractivity contribution in [3.8, 4) is 0 Å². The van der Waals surface area contributed by atoms with Crippen molar-refractivity contribution in [2.45, 2.75) is 19.2 Å². The van der Waals surface area contributed by atoms with Crippen molar-refractivity contribution in [1.82, 2.24) is 9.46 Å². The second-order valence-corrected chi connectivity index (χ2v) is 7.64. The Hall–Kier alpha value is -2.18. The molecule has 0 unspecified atom stereocenters. The van der Waals surface area contributed by atoms with Crippen LogP contribution in [0.1, 0.15) is 16.8 Å². The summed E-state index contributed by atoms with van der Waals surface area (Å²) in [6, 6.07) is 15.0. The summed E-state index contributed by atoms with van der Waals surface area (Å²) in [5.74, 6) is -0.174. The van der Waals surface area contributed by atoms with Crippen LogP contribution in [0.3, 0.4) is 0 Å². The molecule has 3 aromatic rings. The molecule has 0 fully saturated rings. The zero-order valence-corrected chi connectivity index (χ0v) is 13.9. The Morgan fingerprint density at radius 3 is 2.57 bits per heavy atom. The van der Waals surface area contributed by atoms with E-state index in [1.54, 1.807) is 13.1 Å². The SMILES string of the molecule is Cc1ccccc1CN(C)S(=O)(=O)Cc1noc2ccccc12. The zero-order chi connectivity index (χ0) is 16.4. The lowest BCUT2D eigenvalue weighted by Gasteiger charge is -2.17. The van der Waals surface area contributed by atoms with E-state index >= 15 is 0 Å². The summed E-state index contributed by atoms with van der Waals surface area (Å²) in [7, 11) is -1.89. The van der Waals surface area contributed by atoms with E-state index in [0.29, 0.717) is 17.8 Å². The number of rotatable bonds is 5. The average molecular weight is 330 g/mol. The normalized spacial score (nSPS) is 12.1. The van der Waals surface area contributed by atoms with E-state index in [0.717, 1.165) is 16.5 Å². The van der Waals surface area contributed by atoms with Gasteiger partial charge in [0, 0.05) is 19.0 Å². The van der Waals surface area contributed by atoms with Crippen LogP contribution in [0.4, 0.5) is 0 Å². The highest BCUT2D eigenvalue weighted by Crippen LogP contribution is 2.21. The summed E-state index contributed by atoms with van der Waals surface area (Å²) in [5.41, 5.74) is 3.10. The molecule has 0 spiro atoms. The van der Waals surface area contributed by atoms with Crippen molar-refractivity contribution in [2.75, 3.05) is 7.05 Å². The van der Waals surface area contributed by atoms with Gasteiger partial charge in [-0.3, -0.25) is 0 Å². The predicted octanol–water partition coefficient (Wildman–Crippen LogP) is 3.10. The van der Waals surface area contributed by atoms with Gasteiger partial charge in [0.05, 0.1) is 0 Å². The lowest BCUT2D eigenvalue weighted by molar-refractivity contribution is 0.442. The molecule has 6 heteroatoms. The maximum atomic E-state index is 12.6. The van der Waals surface area contributed by atoms with E-state index in [9.17, 15) is 8.42 Å². The number of para-hydroxylation sites is 1. The average Bonchev–Trinajstić information content (AvgIpc) is 2.92. The number of hydrogen-bond acceptors (Lipinski definition) is 4. The van der Waals surface area contributed by atoms with Gasteiger partial charge in [-0.2, -0.15) is 0 Å². The summed E-state index contributed by atoms with van der Waals surface area (Å²) in [6.07, 6.45) is 0. The van der Waals surface area contributed by atoms with Gasteiger partial charge >= 0.3 is 0 Å². The molecule has 0 N–H and O–H groups in total. The number of benzene rings is 2. The fourth-order valence-corrected chi connectivity index (χ4v) is 3.56. The molecule has 0 saturated carbocycles. The summed E-state index contributed by atoms with van der Waals surface area (Å²) < 4.78 is 31.7. The molecule has 0 amide bonds. The number of fused-ring (bicyclic) bond motifs is 1. The summed E-state index contributed by atoms with van der Waals surface area (Å²) >= 11 is 0. The van der Waals surface area contributed by atoms with Crippen molar-refractivity contribution >= 4 is 21.0 Å². The molecule has 1 aromatic heterocycles. The van der Waals surface area contributed by atoms with Crippen LogP contribution in [0.5, 0.6) is 0 Å². The summed E-state index contributed by atoms with van der Waals surface area (Å²) in [6.45, 7) is 2.31. The summed E-state index contributed by atoms with van der Waals surface area (Å²) in [5, 5.41) is 4.64. The molecule has 1 heterocycles. The van der Waals surface area contributed by atoms with Crippen LogP contribution >= 0.6 is 0 Å². The molecule has 3 rings (SSSR count). The third-order valence-corrected chi connectivity index (χ3v) is 5.62. The molecule has 0 aliphatic carbocycles. The Morgan fingerprint density at radius 1 is 1.09 bits per heavy atom. The van der Waals surface area contributed by atoms with Crippen LogP contribution in [-0.4, -0.2) is 24.9 Å². The van der Waals surface area contributed by atoms with Crippen LogP contribution in [-0.2, 0) is 22.3 Å². The number of sulfonamides is 1. The van der Waals surface area contributed by atoms with Crippen molar-refractivity contribution in [2.24, 2.45) is 0 Å². The first-order chi connectivity index (χ1) is 11.0. The second-order valence-electron chi connectivity index (χ2n) is 5.56. The number of hydrogen-bond donors (Lipinski definition) is 0. The van der Waals surface area contributed by atoms with Gasteiger partial charge in [0.2, 0.25) is 10.0 Å². The van der Waals surface area contributed by atoms with Gasteiger partial charge in [0.1, 0.15) is 11.4 Å². The number of nitrogens with zero attached hydrogens (tertiary/aromatic N) is 2. The Bertz CT molecular complexity index is 932. The molecule has 5 nitrogen and oxygen atoms in total. The van der Waals surface area contributed by atoms with Gasteiger partial charge in [-0.05, 0) is 30.2 Å². The molecule has 23 heavy (non-hydrogen) atoms. The van der Waals surface area contributed by atoms with Crippen LogP contribution < -0.4 is 0 Å². The van der Waals surface area contributed by atoms with Crippen molar-refractivity contribution < 1.29 is 12.9 Å². The van der Waals surface area contributed by atoms with Gasteiger partial charge in [-0.15, -0.1) is 0 Å². The topological polar surface area (TPSA) is 63.4 Å². The van der Waals surface area contributed by atoms with Crippen LogP contribution in [0.15, 0.2) is 53.1 Å². The van der Waals surface area contributed by atoms with E-state index in [1.807, 2.05) is 49.4 Å². The largest absolute Gasteiger partial charge is 0.356 e. The highest BCUT2D eigenvalue weighted by Gasteiger charge is 2.22. The Labute approximate surface area is 135 Å². The standard InChI is InChI=1S/C17H18N2O3S/c1-13-7-3-4-8-14(13)11-19(2)23(20,21)12-16-15-9-5-6-10-17(15)22-18-16/h3-10H,11-12H2,1-2H3. The molecule has 0 saturated heterocycles. The quantitative estimate of drug-likeness (QED) is 0.721. The fourth-order valence-electron chi connectivity index (χ4n) is 2.45. The van der Waals surface area contributed by atoms with Crippen LogP contribution in [0.25, 0.3) is 11.0 Å². The lowest BCUT2D eigenvalue weighted by Crippen LogP contribution is -2.28. The Kier molecular flexibility index (Phi) is 4.19. The van der Waals surface area contributed by atoms with Gasteiger partial charge in [-0.1, -0.05) is 41.6 Å². The fraction of sp³-hybridized carbons (Fsp3) is 0.235. The van der Waals surface area contributed by atoms with E-state index in [-0.39, 0.29) is 5.75 Å². The predicted molar refractivity (Wildman–Crippen MR) is 89.3 cm³/mol. The smallest absolute Gasteiger partial charge is 0.220 e. The van der Waals surface area contributed by atoms with Crippen LogP contribution in [0.2, 0.25) is 0 Å². The highest BCUT2D eigenvalue weighted by atomic mass is 32.2. The monoisotopic (exact) mass is 330 g/mol. The minimum absolute atomic E-state index is 0.174. The van der Waals surface area contributed by atoms with E-state index in [1.165, 1.54) is 4.31 Å². The molecule has 2 aromatic carbocycles. The molecule has 0 atom stereocenters. The first-order valence-electron chi connectivity index (χ1n) is 7.29. The highest BCUT2D eigenvalue weighted by molar-refractivity contribution is 7.88. The zero-order valence-electron chi connectivity index (χ0n) is 13.1. The van der Waals surface area contributed by atoms with Gasteiger partial charge in [0.25, 0.3) is 0 Å². The summed E-state index contributed by atoms with van der Waals surface area (Å²) in [4.78, 5) is 0. The maximum absolute atomic E-state index is 12.6. The van der Waals surface area contributed by atoms with Gasteiger partial charge in [0.15, 0.2) is 5.58 Å². The van der Waals surface area contributed by atoms with Crippen molar-refractivity contribution in [3.63, 3.8) is 0 Å². The molecule has 0 bridgehead atoms. The second kappa shape index (κ2) is 6.14. The van der Waals surface area contributed by atoms with E-state index < -0.39 is 10.0 Å². The molecule has 0 aliphatic heterocycles. The Balaban J connectivity index is 1.82. The van der Waals surface area contributed by atoms with E-state index in [2.05, 4.69) is 5.16 Å². The number of aryl methyl sites for hydroxylation is 1. The first kappa shape index (κ1) is 15.7. The maximum Gasteiger partial charge on any atom is 0.220 e. The Morgan fingerprint density at radius 2 is 1.78 bits per heavy atom. The molecule has 0 radical (unpaired) electrons. The minimum Gasteiger partial charge on any atom is -0.356 e. The molecular weight excluding hydrogens is 312 g/mol.